The topological polar surface area (TPSA) is 116 Å². The van der Waals surface area contributed by atoms with Gasteiger partial charge in [0.15, 0.2) is 0 Å². The number of pyridine rings is 1. The molecule has 4 rings (SSSR count). The smallest absolute Gasteiger partial charge is 0.397 e. The minimum atomic E-state index is -0.991. The molecule has 0 saturated heterocycles. The van der Waals surface area contributed by atoms with Crippen LogP contribution in [0.15, 0.2) is 97.2 Å². The number of nitrogens with zero attached hydrogens (tertiary/aromatic N) is 1. The Morgan fingerprint density at radius 3 is 1.85 bits per heavy atom. The number of rotatable bonds is 10. The highest BCUT2D eigenvalue weighted by Gasteiger charge is 2.16. The molecule has 0 atom stereocenters. The third kappa shape index (κ3) is 8.16. The summed E-state index contributed by atoms with van der Waals surface area (Å²) in [4.78, 5) is 40.5. The quantitative estimate of drug-likeness (QED) is 0.221. The number of amides is 2. The Labute approximate surface area is 225 Å². The van der Waals surface area contributed by atoms with Crippen molar-refractivity contribution in [2.45, 2.75) is 20.1 Å². The van der Waals surface area contributed by atoms with Gasteiger partial charge < -0.3 is 24.8 Å². The molecule has 0 fully saturated rings. The maximum atomic E-state index is 13.1. The molecule has 0 bridgehead atoms. The molecule has 0 spiro atoms. The zero-order valence-electron chi connectivity index (χ0n) is 21.3. The summed E-state index contributed by atoms with van der Waals surface area (Å²) in [6.07, 6.45) is 1.32. The van der Waals surface area contributed by atoms with Gasteiger partial charge in [0, 0.05) is 11.6 Å². The Balaban J connectivity index is 1.46. The number of hydrogen-bond donors (Lipinski definition) is 2. The Kier molecular flexibility index (Phi) is 9.22. The van der Waals surface area contributed by atoms with Crippen molar-refractivity contribution >= 4 is 29.3 Å². The average Bonchev–Trinajstić information content (AvgIpc) is 2.97. The number of carbonyl (C=O) groups excluding carboxylic acids is 3. The van der Waals surface area contributed by atoms with Crippen molar-refractivity contribution in [1.82, 2.24) is 4.98 Å². The van der Waals surface area contributed by atoms with Gasteiger partial charge in [-0.3, -0.25) is 9.59 Å². The Morgan fingerprint density at radius 2 is 1.33 bits per heavy atom. The minimum absolute atomic E-state index is 0.0903. The number of esters is 1. The fraction of sp³-hybridized carbons (Fsp3) is 0.133. The van der Waals surface area contributed by atoms with Gasteiger partial charge in [-0.25, -0.2) is 9.78 Å². The van der Waals surface area contributed by atoms with Crippen molar-refractivity contribution in [2.24, 2.45) is 0 Å². The minimum Gasteiger partial charge on any atom is -0.489 e. The van der Waals surface area contributed by atoms with Crippen LogP contribution in [0.2, 0.25) is 0 Å². The Hall–Kier alpha value is -5.18. The van der Waals surface area contributed by atoms with Gasteiger partial charge in [-0.15, -0.1) is 0 Å². The Morgan fingerprint density at radius 1 is 0.744 bits per heavy atom. The molecule has 2 amide bonds. The van der Waals surface area contributed by atoms with Crippen molar-refractivity contribution in [2.75, 3.05) is 17.2 Å². The highest BCUT2D eigenvalue weighted by Crippen LogP contribution is 2.25. The first-order valence-corrected chi connectivity index (χ1v) is 12.2. The van der Waals surface area contributed by atoms with Crippen LogP contribution in [0.5, 0.6) is 11.5 Å². The SMILES string of the molecule is CCOC(=O)C(=O)Nc1ccc(NC(=O)c2cc(OCc3ccccc3)cc(OCc3ccccc3)c2)nc1. The predicted molar refractivity (Wildman–Crippen MR) is 145 cm³/mol. The first-order valence-electron chi connectivity index (χ1n) is 12.2. The number of ether oxygens (including phenoxy) is 3. The van der Waals surface area contributed by atoms with Crippen molar-refractivity contribution in [1.29, 1.82) is 0 Å². The Bertz CT molecular complexity index is 1350. The molecular formula is C30H27N3O6. The molecule has 39 heavy (non-hydrogen) atoms. The van der Waals surface area contributed by atoms with Crippen LogP contribution in [0.4, 0.5) is 11.5 Å². The second kappa shape index (κ2) is 13.4. The zero-order valence-corrected chi connectivity index (χ0v) is 21.3. The molecule has 9 heteroatoms. The van der Waals surface area contributed by atoms with E-state index in [1.165, 1.54) is 18.3 Å². The maximum Gasteiger partial charge on any atom is 0.397 e. The van der Waals surface area contributed by atoms with E-state index in [0.29, 0.717) is 30.3 Å². The van der Waals surface area contributed by atoms with Crippen LogP contribution >= 0.6 is 0 Å². The molecule has 3 aromatic carbocycles. The second-order valence-corrected chi connectivity index (χ2v) is 8.30. The zero-order chi connectivity index (χ0) is 27.5. The highest BCUT2D eigenvalue weighted by atomic mass is 16.5. The van der Waals surface area contributed by atoms with E-state index in [0.717, 1.165) is 11.1 Å². The molecule has 0 radical (unpaired) electrons. The van der Waals surface area contributed by atoms with Gasteiger partial charge in [-0.05, 0) is 42.3 Å². The van der Waals surface area contributed by atoms with Crippen molar-refractivity contribution in [3.63, 3.8) is 0 Å². The summed E-state index contributed by atoms with van der Waals surface area (Å²) in [5.41, 5.74) is 2.56. The van der Waals surface area contributed by atoms with Gasteiger partial charge in [0.25, 0.3) is 5.91 Å². The van der Waals surface area contributed by atoms with E-state index < -0.39 is 17.8 Å². The van der Waals surface area contributed by atoms with Crippen LogP contribution < -0.4 is 20.1 Å². The van der Waals surface area contributed by atoms with Gasteiger partial charge in [-0.2, -0.15) is 0 Å². The highest BCUT2D eigenvalue weighted by molar-refractivity contribution is 6.37. The first kappa shape index (κ1) is 26.9. The van der Waals surface area contributed by atoms with Crippen LogP contribution in [0.1, 0.15) is 28.4 Å². The van der Waals surface area contributed by atoms with Gasteiger partial charge in [0.1, 0.15) is 30.5 Å². The fourth-order valence-corrected chi connectivity index (χ4v) is 3.46. The lowest BCUT2D eigenvalue weighted by molar-refractivity contribution is -0.152. The van der Waals surface area contributed by atoms with Crippen molar-refractivity contribution in [3.8, 4) is 11.5 Å². The summed E-state index contributed by atoms with van der Waals surface area (Å²) < 4.78 is 16.6. The molecule has 2 N–H and O–H groups in total. The molecule has 0 aliphatic carbocycles. The lowest BCUT2D eigenvalue weighted by Crippen LogP contribution is -2.25. The monoisotopic (exact) mass is 525 g/mol. The van der Waals surface area contributed by atoms with E-state index in [1.54, 1.807) is 25.1 Å². The third-order valence-corrected chi connectivity index (χ3v) is 5.36. The first-order chi connectivity index (χ1) is 19.0. The summed E-state index contributed by atoms with van der Waals surface area (Å²) in [7, 11) is 0. The summed E-state index contributed by atoms with van der Waals surface area (Å²) in [5.74, 6) is -1.14. The standard InChI is InChI=1S/C30H27N3O6/c1-2-37-30(36)29(35)32-24-13-14-27(31-18-24)33-28(34)23-15-25(38-19-21-9-5-3-6-10-21)17-26(16-23)39-20-22-11-7-4-8-12-22/h3-18H,2,19-20H2,1H3,(H,32,35)(H,31,33,34). The number of nitrogens with one attached hydrogen (secondary N) is 2. The lowest BCUT2D eigenvalue weighted by atomic mass is 10.1. The molecule has 9 nitrogen and oxygen atoms in total. The van der Waals surface area contributed by atoms with Gasteiger partial charge >= 0.3 is 11.9 Å². The number of aromatic nitrogens is 1. The summed E-state index contributed by atoms with van der Waals surface area (Å²) in [6, 6.07) is 27.4. The summed E-state index contributed by atoms with van der Waals surface area (Å²) in [6.45, 7) is 2.34. The van der Waals surface area contributed by atoms with Crippen LogP contribution in [0, 0.1) is 0 Å². The molecule has 0 unspecified atom stereocenters. The number of carbonyl (C=O) groups is 3. The largest absolute Gasteiger partial charge is 0.489 e. The second-order valence-electron chi connectivity index (χ2n) is 8.30. The maximum absolute atomic E-state index is 13.1. The summed E-state index contributed by atoms with van der Waals surface area (Å²) >= 11 is 0. The third-order valence-electron chi connectivity index (χ3n) is 5.36. The lowest BCUT2D eigenvalue weighted by Gasteiger charge is -2.13. The molecule has 4 aromatic rings. The van der Waals surface area contributed by atoms with Gasteiger partial charge in [0.2, 0.25) is 0 Å². The van der Waals surface area contributed by atoms with E-state index in [2.05, 4.69) is 20.4 Å². The van der Waals surface area contributed by atoms with Gasteiger partial charge in [0.05, 0.1) is 18.5 Å². The van der Waals surface area contributed by atoms with Crippen LogP contribution in [0.3, 0.4) is 0 Å². The van der Waals surface area contributed by atoms with Crippen LogP contribution in [-0.2, 0) is 27.5 Å². The van der Waals surface area contributed by atoms with Crippen LogP contribution in [-0.4, -0.2) is 29.4 Å². The predicted octanol–water partition coefficient (Wildman–Crippen LogP) is 4.99. The molecule has 0 saturated carbocycles. The average molecular weight is 526 g/mol. The molecule has 0 aliphatic heterocycles. The molecule has 1 heterocycles. The fourth-order valence-electron chi connectivity index (χ4n) is 3.46. The molecule has 1 aromatic heterocycles. The number of hydrogen-bond acceptors (Lipinski definition) is 7. The van der Waals surface area contributed by atoms with Crippen LogP contribution in [0.25, 0.3) is 0 Å². The van der Waals surface area contributed by atoms with E-state index in [1.807, 2.05) is 60.7 Å². The normalized spacial score (nSPS) is 10.3. The molecule has 0 aliphatic rings. The van der Waals surface area contributed by atoms with E-state index in [4.69, 9.17) is 9.47 Å². The van der Waals surface area contributed by atoms with Crippen molar-refractivity contribution in [3.05, 3.63) is 114 Å². The van der Waals surface area contributed by atoms with E-state index >= 15 is 0 Å². The number of benzene rings is 3. The van der Waals surface area contributed by atoms with E-state index in [-0.39, 0.29) is 18.1 Å². The van der Waals surface area contributed by atoms with E-state index in [9.17, 15) is 14.4 Å². The molecule has 198 valence electrons. The summed E-state index contributed by atoms with van der Waals surface area (Å²) in [5, 5.41) is 5.11. The van der Waals surface area contributed by atoms with Gasteiger partial charge in [-0.1, -0.05) is 60.7 Å². The van der Waals surface area contributed by atoms with Crippen molar-refractivity contribution < 1.29 is 28.6 Å². The number of anilines is 2. The molecular weight excluding hydrogens is 498 g/mol.